The van der Waals surface area contributed by atoms with Crippen LogP contribution in [0, 0.1) is 32.1 Å². The van der Waals surface area contributed by atoms with Gasteiger partial charge in [0.25, 0.3) is 5.91 Å². The number of phenolic OH excluding ortho intramolecular Hbond substituents is 1. The predicted molar refractivity (Wildman–Crippen MR) is 187 cm³/mol. The second kappa shape index (κ2) is 16.2. The number of para-hydroxylation sites is 1. The molecule has 0 heterocycles. The number of hydrogen-bond donors (Lipinski definition) is 3. The number of amides is 3. The number of carbonyl (C=O) groups is 3. The van der Waals surface area contributed by atoms with Gasteiger partial charge in [0, 0.05) is 23.7 Å². The van der Waals surface area contributed by atoms with Crippen molar-refractivity contribution >= 4 is 23.6 Å². The Kier molecular flexibility index (Phi) is 12.6. The molecule has 3 N–H and O–H groups in total. The van der Waals surface area contributed by atoms with Gasteiger partial charge in [-0.25, -0.2) is 4.79 Å². The molecule has 0 saturated carbocycles. The third kappa shape index (κ3) is 10.6. The molecule has 0 radical (unpaired) electrons. The lowest BCUT2D eigenvalue weighted by atomic mass is 9.95. The van der Waals surface area contributed by atoms with Crippen LogP contribution in [-0.4, -0.2) is 45.6 Å². The predicted octanol–water partition coefficient (Wildman–Crippen LogP) is 7.46. The molecule has 0 aromatic heterocycles. The molecule has 0 aliphatic rings. The van der Waals surface area contributed by atoms with Crippen LogP contribution in [-0.2, 0) is 20.7 Å². The summed E-state index contributed by atoms with van der Waals surface area (Å²) < 4.78 is 5.56. The summed E-state index contributed by atoms with van der Waals surface area (Å²) in [5.41, 5.74) is 3.60. The Morgan fingerprint density at radius 2 is 1.51 bits per heavy atom. The van der Waals surface area contributed by atoms with Gasteiger partial charge in [0.05, 0.1) is 0 Å². The molecule has 0 spiro atoms. The van der Waals surface area contributed by atoms with E-state index in [1.165, 1.54) is 12.1 Å². The number of nitrogens with zero attached hydrogens (tertiary/aromatic N) is 1. The number of rotatable bonds is 12. The number of hydrogen-bond acceptors (Lipinski definition) is 5. The summed E-state index contributed by atoms with van der Waals surface area (Å²) in [7, 11) is 0. The zero-order chi connectivity index (χ0) is 34.9. The first-order valence-electron chi connectivity index (χ1n) is 16.1. The Bertz CT molecular complexity index is 1550. The quantitative estimate of drug-likeness (QED) is 0.178. The molecular weight excluding hydrogens is 590 g/mol. The topological polar surface area (TPSA) is 108 Å². The third-order valence-corrected chi connectivity index (χ3v) is 7.91. The molecule has 8 heteroatoms. The first kappa shape index (κ1) is 36.7. The number of alkyl carbamates (subject to hydrolysis) is 1. The van der Waals surface area contributed by atoms with E-state index in [2.05, 4.69) is 30.4 Å². The molecule has 3 aromatic rings. The maximum Gasteiger partial charge on any atom is 0.408 e. The molecule has 3 unspecified atom stereocenters. The summed E-state index contributed by atoms with van der Waals surface area (Å²) in [6.07, 6.45) is 6.44. The second-order valence-electron chi connectivity index (χ2n) is 13.6. The smallest absolute Gasteiger partial charge is 0.408 e. The molecule has 3 rings (SSSR count). The van der Waals surface area contributed by atoms with Gasteiger partial charge in [-0.3, -0.25) is 9.59 Å². The number of anilines is 1. The summed E-state index contributed by atoms with van der Waals surface area (Å²) in [4.78, 5) is 44.2. The minimum atomic E-state index is -1.09. The van der Waals surface area contributed by atoms with Gasteiger partial charge in [-0.15, -0.1) is 6.42 Å². The van der Waals surface area contributed by atoms with Gasteiger partial charge in [-0.05, 0) is 107 Å². The molecule has 0 aliphatic heterocycles. The summed E-state index contributed by atoms with van der Waals surface area (Å²) in [5, 5.41) is 15.8. The van der Waals surface area contributed by atoms with E-state index in [1.807, 2.05) is 39.0 Å². The highest BCUT2D eigenvalue weighted by atomic mass is 16.6. The first-order chi connectivity index (χ1) is 22.1. The standard InChI is InChI=1S/C39H49N3O5/c1-10-29-16-20-31(21-17-29)35(36(44)41-34-26(4)12-11-13-27(34)5)42(28(6)15-14-25(2)3)37(45)33(40-38(46)47-39(7,8)9)24-30-18-22-32(43)23-19-30/h1,11-13,16-23,25,28,33,35,43H,14-15,24H2,2-9H3,(H,40,46)(H,41,44). The Balaban J connectivity index is 2.18. The molecular formula is C39H49N3O5. The number of phenols is 1. The lowest BCUT2D eigenvalue weighted by Crippen LogP contribution is -2.55. The maximum absolute atomic E-state index is 14.9. The number of terminal acetylenes is 1. The van der Waals surface area contributed by atoms with Crippen molar-refractivity contribution in [3.05, 3.63) is 94.5 Å². The van der Waals surface area contributed by atoms with E-state index >= 15 is 0 Å². The summed E-state index contributed by atoms with van der Waals surface area (Å²) in [6, 6.07) is 16.7. The Hall–Kier alpha value is -4.77. The van der Waals surface area contributed by atoms with Crippen molar-refractivity contribution < 1.29 is 24.2 Å². The van der Waals surface area contributed by atoms with Crippen molar-refractivity contribution in [2.75, 3.05) is 5.32 Å². The largest absolute Gasteiger partial charge is 0.508 e. The number of aromatic hydroxyl groups is 1. The Labute approximate surface area is 279 Å². The van der Waals surface area contributed by atoms with E-state index in [0.717, 1.165) is 17.5 Å². The summed E-state index contributed by atoms with van der Waals surface area (Å²) in [6.45, 7) is 15.2. The minimum absolute atomic E-state index is 0.0827. The van der Waals surface area contributed by atoms with E-state index in [9.17, 15) is 19.5 Å². The molecule has 3 aromatic carbocycles. The van der Waals surface area contributed by atoms with Gasteiger partial charge >= 0.3 is 6.09 Å². The van der Waals surface area contributed by atoms with Crippen LogP contribution in [0.5, 0.6) is 5.75 Å². The number of nitrogens with one attached hydrogen (secondary N) is 2. The maximum atomic E-state index is 14.9. The number of aryl methyl sites for hydroxylation is 2. The molecule has 250 valence electrons. The van der Waals surface area contributed by atoms with E-state index in [0.29, 0.717) is 34.7 Å². The average Bonchev–Trinajstić information content (AvgIpc) is 3.00. The SMILES string of the molecule is C#Cc1ccc(C(C(=O)Nc2c(C)cccc2C)N(C(=O)C(Cc2ccc(O)cc2)NC(=O)OC(C)(C)C)C(C)CCC(C)C)cc1. The zero-order valence-electron chi connectivity index (χ0n) is 28.9. The van der Waals surface area contributed by atoms with Crippen LogP contribution < -0.4 is 10.6 Å². The van der Waals surface area contributed by atoms with E-state index < -0.39 is 35.7 Å². The highest BCUT2D eigenvalue weighted by molar-refractivity contribution is 6.00. The van der Waals surface area contributed by atoms with Gasteiger partial charge in [-0.2, -0.15) is 0 Å². The summed E-state index contributed by atoms with van der Waals surface area (Å²) >= 11 is 0. The normalized spacial score (nSPS) is 13.2. The van der Waals surface area contributed by atoms with Gasteiger partial charge in [0.15, 0.2) is 0 Å². The minimum Gasteiger partial charge on any atom is -0.508 e. The highest BCUT2D eigenvalue weighted by Gasteiger charge is 2.39. The molecule has 47 heavy (non-hydrogen) atoms. The summed E-state index contributed by atoms with van der Waals surface area (Å²) in [5.74, 6) is 2.23. The number of ether oxygens (including phenoxy) is 1. The number of benzene rings is 3. The van der Waals surface area contributed by atoms with Crippen LogP contribution in [0.3, 0.4) is 0 Å². The monoisotopic (exact) mass is 639 g/mol. The average molecular weight is 640 g/mol. The second-order valence-corrected chi connectivity index (χ2v) is 13.6. The number of carbonyl (C=O) groups excluding carboxylic acids is 3. The first-order valence-corrected chi connectivity index (χ1v) is 16.1. The van der Waals surface area contributed by atoms with Gasteiger partial charge in [0.2, 0.25) is 5.91 Å². The Morgan fingerprint density at radius 1 is 0.915 bits per heavy atom. The van der Waals surface area contributed by atoms with Crippen molar-refractivity contribution in [3.63, 3.8) is 0 Å². The lowest BCUT2D eigenvalue weighted by Gasteiger charge is -2.39. The van der Waals surface area contributed by atoms with Crippen molar-refractivity contribution in [3.8, 4) is 18.1 Å². The fourth-order valence-corrected chi connectivity index (χ4v) is 5.41. The Morgan fingerprint density at radius 3 is 2.04 bits per heavy atom. The van der Waals surface area contributed by atoms with Crippen LogP contribution in [0.2, 0.25) is 0 Å². The van der Waals surface area contributed by atoms with Crippen molar-refractivity contribution in [2.24, 2.45) is 5.92 Å². The molecule has 3 atom stereocenters. The van der Waals surface area contributed by atoms with Crippen molar-refractivity contribution in [2.45, 2.75) is 98.4 Å². The van der Waals surface area contributed by atoms with Crippen LogP contribution in [0.25, 0.3) is 0 Å². The highest BCUT2D eigenvalue weighted by Crippen LogP contribution is 2.31. The lowest BCUT2D eigenvalue weighted by molar-refractivity contribution is -0.143. The van der Waals surface area contributed by atoms with Crippen molar-refractivity contribution in [1.29, 1.82) is 0 Å². The van der Waals surface area contributed by atoms with Crippen LogP contribution in [0.4, 0.5) is 10.5 Å². The van der Waals surface area contributed by atoms with Gasteiger partial charge < -0.3 is 25.4 Å². The third-order valence-electron chi connectivity index (χ3n) is 7.91. The molecule has 0 fully saturated rings. The molecule has 0 bridgehead atoms. The van der Waals surface area contributed by atoms with Gasteiger partial charge in [0.1, 0.15) is 23.4 Å². The van der Waals surface area contributed by atoms with E-state index in [-0.39, 0.29) is 18.1 Å². The molecule has 8 nitrogen and oxygen atoms in total. The van der Waals surface area contributed by atoms with E-state index in [1.54, 1.807) is 62.1 Å². The molecule has 0 saturated heterocycles. The van der Waals surface area contributed by atoms with Crippen LogP contribution in [0.15, 0.2) is 66.7 Å². The zero-order valence-corrected chi connectivity index (χ0v) is 28.9. The fourth-order valence-electron chi connectivity index (χ4n) is 5.41. The molecule has 0 aliphatic carbocycles. The van der Waals surface area contributed by atoms with Crippen LogP contribution >= 0.6 is 0 Å². The van der Waals surface area contributed by atoms with Crippen molar-refractivity contribution in [1.82, 2.24) is 10.2 Å². The van der Waals surface area contributed by atoms with E-state index in [4.69, 9.17) is 11.2 Å². The van der Waals surface area contributed by atoms with Crippen LogP contribution in [0.1, 0.15) is 88.2 Å². The van der Waals surface area contributed by atoms with Gasteiger partial charge in [-0.1, -0.05) is 62.2 Å². The fraction of sp³-hybridized carbons (Fsp3) is 0.410. The molecule has 3 amide bonds.